The van der Waals surface area contributed by atoms with E-state index in [-0.39, 0.29) is 5.96 Å². The molecule has 61 valence electrons. The molecular weight excluding hydrogens is 146 g/mol. The van der Waals surface area contributed by atoms with Crippen LogP contribution in [0.15, 0.2) is 0 Å². The highest BCUT2D eigenvalue weighted by Crippen LogP contribution is 1.84. The summed E-state index contributed by atoms with van der Waals surface area (Å²) in [6.45, 7) is 2.51. The lowest BCUT2D eigenvalue weighted by Gasteiger charge is -2.14. The van der Waals surface area contributed by atoms with E-state index >= 15 is 0 Å². The van der Waals surface area contributed by atoms with E-state index in [2.05, 4.69) is 12.4 Å². The number of rotatable bonds is 0. The van der Waals surface area contributed by atoms with Gasteiger partial charge < -0.3 is 0 Å². The molecule has 5 heteroatoms. The SMILES string of the molecule is [CH2]N(C(=N)NC(C)=O)C(C)=O. The van der Waals surface area contributed by atoms with Crippen LogP contribution in [0.25, 0.3) is 0 Å². The lowest BCUT2D eigenvalue weighted by molar-refractivity contribution is -0.123. The van der Waals surface area contributed by atoms with Crippen molar-refractivity contribution in [1.29, 1.82) is 5.41 Å². The van der Waals surface area contributed by atoms with E-state index in [9.17, 15) is 9.59 Å². The quantitative estimate of drug-likeness (QED) is 0.373. The first kappa shape index (κ1) is 9.61. The Kier molecular flexibility index (Phi) is 3.23. The van der Waals surface area contributed by atoms with Gasteiger partial charge in [-0.1, -0.05) is 0 Å². The summed E-state index contributed by atoms with van der Waals surface area (Å²) in [5, 5.41) is 9.18. The van der Waals surface area contributed by atoms with E-state index in [0.717, 1.165) is 4.90 Å². The molecule has 2 N–H and O–H groups in total. The van der Waals surface area contributed by atoms with Crippen LogP contribution >= 0.6 is 0 Å². The zero-order chi connectivity index (χ0) is 9.02. The van der Waals surface area contributed by atoms with Gasteiger partial charge in [0, 0.05) is 20.9 Å². The number of hydrogen-bond acceptors (Lipinski definition) is 3. The van der Waals surface area contributed by atoms with Gasteiger partial charge in [-0.05, 0) is 0 Å². The summed E-state index contributed by atoms with van der Waals surface area (Å²) in [5.74, 6) is -1.11. The minimum absolute atomic E-state index is 0.315. The van der Waals surface area contributed by atoms with Crippen LogP contribution in [0.3, 0.4) is 0 Å². The number of carbonyl (C=O) groups excluding carboxylic acids is 2. The summed E-state index contributed by atoms with van der Waals surface area (Å²) in [4.78, 5) is 21.7. The molecule has 0 aliphatic rings. The molecule has 0 rings (SSSR count). The second kappa shape index (κ2) is 3.70. The van der Waals surface area contributed by atoms with Gasteiger partial charge in [0.25, 0.3) is 0 Å². The molecule has 0 heterocycles. The van der Waals surface area contributed by atoms with Crippen LogP contribution in [0.2, 0.25) is 0 Å². The average molecular weight is 156 g/mol. The molecule has 0 aliphatic carbocycles. The largest absolute Gasteiger partial charge is 0.297 e. The molecule has 0 aliphatic heterocycles. The van der Waals surface area contributed by atoms with Gasteiger partial charge in [-0.15, -0.1) is 0 Å². The molecule has 0 aromatic heterocycles. The van der Waals surface area contributed by atoms with Gasteiger partial charge in [-0.25, -0.2) is 0 Å². The maximum Gasteiger partial charge on any atom is 0.226 e. The standard InChI is InChI=1S/C6H10N3O2/c1-4(10)8-6(7)9(3)5(2)11/h3H2,1-2H3,(H2,7,8,10). The molecule has 0 saturated carbocycles. The van der Waals surface area contributed by atoms with Crippen molar-refractivity contribution in [1.82, 2.24) is 10.2 Å². The number of carbonyl (C=O) groups is 2. The Morgan fingerprint density at radius 1 is 1.45 bits per heavy atom. The fraction of sp³-hybridized carbons (Fsp3) is 0.333. The van der Waals surface area contributed by atoms with Gasteiger partial charge in [-0.3, -0.25) is 25.2 Å². The normalized spacial score (nSPS) is 8.64. The van der Waals surface area contributed by atoms with E-state index < -0.39 is 11.8 Å². The lowest BCUT2D eigenvalue weighted by Crippen LogP contribution is -2.41. The molecule has 0 unspecified atom stereocenters. The van der Waals surface area contributed by atoms with E-state index in [1.54, 1.807) is 0 Å². The van der Waals surface area contributed by atoms with Crippen LogP contribution < -0.4 is 5.32 Å². The minimum Gasteiger partial charge on any atom is -0.297 e. The van der Waals surface area contributed by atoms with Gasteiger partial charge in [0.05, 0.1) is 0 Å². The second-order valence-electron chi connectivity index (χ2n) is 1.98. The maximum atomic E-state index is 10.5. The van der Waals surface area contributed by atoms with Crippen LogP contribution in [-0.2, 0) is 9.59 Å². The highest BCUT2D eigenvalue weighted by molar-refractivity contribution is 6.02. The Bertz CT molecular complexity index is 200. The van der Waals surface area contributed by atoms with Crippen LogP contribution in [-0.4, -0.2) is 22.7 Å². The molecule has 1 radical (unpaired) electrons. The van der Waals surface area contributed by atoms with E-state index in [1.165, 1.54) is 13.8 Å². The Labute approximate surface area is 64.9 Å². The van der Waals surface area contributed by atoms with Crippen molar-refractivity contribution in [3.05, 3.63) is 7.05 Å². The van der Waals surface area contributed by atoms with E-state index in [1.807, 2.05) is 0 Å². The molecular formula is C6H10N3O2. The van der Waals surface area contributed by atoms with Gasteiger partial charge in [0.1, 0.15) is 0 Å². The minimum atomic E-state index is -0.399. The van der Waals surface area contributed by atoms with Crippen molar-refractivity contribution >= 4 is 17.8 Å². The summed E-state index contributed by atoms with van der Waals surface area (Å²) < 4.78 is 0. The number of hydrogen-bond donors (Lipinski definition) is 2. The van der Waals surface area contributed by atoms with Crippen molar-refractivity contribution in [2.75, 3.05) is 0 Å². The summed E-state index contributed by atoms with van der Waals surface area (Å²) in [6.07, 6.45) is 0. The number of nitrogens with zero attached hydrogens (tertiary/aromatic N) is 1. The molecule has 5 nitrogen and oxygen atoms in total. The van der Waals surface area contributed by atoms with Crippen LogP contribution in [0.5, 0.6) is 0 Å². The first-order valence-electron chi connectivity index (χ1n) is 2.92. The first-order valence-corrected chi connectivity index (χ1v) is 2.92. The summed E-state index contributed by atoms with van der Waals surface area (Å²) in [7, 11) is 3.24. The molecule has 0 aromatic rings. The molecule has 11 heavy (non-hydrogen) atoms. The third-order valence-electron chi connectivity index (χ3n) is 0.944. The van der Waals surface area contributed by atoms with Crippen LogP contribution in [0.4, 0.5) is 0 Å². The third kappa shape index (κ3) is 3.34. The Balaban J connectivity index is 4.04. The van der Waals surface area contributed by atoms with Crippen molar-refractivity contribution in [2.45, 2.75) is 13.8 Å². The van der Waals surface area contributed by atoms with Crippen molar-refractivity contribution in [3.8, 4) is 0 Å². The third-order valence-corrected chi connectivity index (χ3v) is 0.944. The molecule has 0 fully saturated rings. The molecule has 2 amide bonds. The molecule has 0 bridgehead atoms. The zero-order valence-electron chi connectivity index (χ0n) is 6.47. The Morgan fingerprint density at radius 2 is 1.91 bits per heavy atom. The highest BCUT2D eigenvalue weighted by Gasteiger charge is 2.08. The topological polar surface area (TPSA) is 73.3 Å². The fourth-order valence-corrected chi connectivity index (χ4v) is 0.392. The van der Waals surface area contributed by atoms with Crippen LogP contribution in [0, 0.1) is 12.5 Å². The summed E-state index contributed by atoms with van der Waals surface area (Å²) >= 11 is 0. The van der Waals surface area contributed by atoms with Crippen molar-refractivity contribution in [2.24, 2.45) is 0 Å². The van der Waals surface area contributed by atoms with E-state index in [4.69, 9.17) is 5.41 Å². The monoisotopic (exact) mass is 156 g/mol. The molecule has 0 spiro atoms. The summed E-state index contributed by atoms with van der Waals surface area (Å²) in [6, 6.07) is 0. The van der Waals surface area contributed by atoms with Crippen molar-refractivity contribution < 1.29 is 9.59 Å². The van der Waals surface area contributed by atoms with Crippen molar-refractivity contribution in [3.63, 3.8) is 0 Å². The molecule has 0 saturated heterocycles. The Hall–Kier alpha value is -1.39. The van der Waals surface area contributed by atoms with E-state index in [0.29, 0.717) is 0 Å². The first-order chi connectivity index (χ1) is 4.95. The molecule has 0 atom stereocenters. The number of nitrogens with one attached hydrogen (secondary N) is 2. The number of guanidine groups is 1. The second-order valence-corrected chi connectivity index (χ2v) is 1.98. The highest BCUT2D eigenvalue weighted by atomic mass is 16.2. The predicted octanol–water partition coefficient (Wildman–Crippen LogP) is -0.303. The fourth-order valence-electron chi connectivity index (χ4n) is 0.392. The average Bonchev–Trinajstić information content (AvgIpc) is 1.84. The summed E-state index contributed by atoms with van der Waals surface area (Å²) in [5.41, 5.74) is 0. The van der Waals surface area contributed by atoms with Gasteiger partial charge in [-0.2, -0.15) is 0 Å². The smallest absolute Gasteiger partial charge is 0.226 e. The van der Waals surface area contributed by atoms with Gasteiger partial charge in [0.15, 0.2) is 0 Å². The van der Waals surface area contributed by atoms with Crippen LogP contribution in [0.1, 0.15) is 13.8 Å². The van der Waals surface area contributed by atoms with Gasteiger partial charge >= 0.3 is 0 Å². The van der Waals surface area contributed by atoms with Gasteiger partial charge in [0.2, 0.25) is 17.8 Å². The predicted molar refractivity (Wildman–Crippen MR) is 39.4 cm³/mol. The molecule has 0 aromatic carbocycles. The number of amides is 2. The lowest BCUT2D eigenvalue weighted by atomic mass is 10.6. The maximum absolute atomic E-state index is 10.5. The Morgan fingerprint density at radius 3 is 2.18 bits per heavy atom. The zero-order valence-corrected chi connectivity index (χ0v) is 6.47.